The lowest BCUT2D eigenvalue weighted by molar-refractivity contribution is -0.146. The van der Waals surface area contributed by atoms with Gasteiger partial charge >= 0.3 is 5.97 Å². The summed E-state index contributed by atoms with van der Waals surface area (Å²) in [4.78, 5) is 14.0. The summed E-state index contributed by atoms with van der Waals surface area (Å²) < 4.78 is 10.9. The lowest BCUT2D eigenvalue weighted by Crippen LogP contribution is -2.33. The minimum absolute atomic E-state index is 0.0256. The van der Waals surface area contributed by atoms with Crippen LogP contribution in [-0.4, -0.2) is 49.3 Å². The van der Waals surface area contributed by atoms with Gasteiger partial charge in [0.25, 0.3) is 0 Å². The molecule has 104 valence electrons. The van der Waals surface area contributed by atoms with Crippen LogP contribution in [0.4, 0.5) is 0 Å². The lowest BCUT2D eigenvalue weighted by Gasteiger charge is -2.23. The van der Waals surface area contributed by atoms with Crippen molar-refractivity contribution in [3.8, 4) is 0 Å². The molecule has 0 aromatic rings. The molecule has 2 saturated heterocycles. The van der Waals surface area contributed by atoms with Gasteiger partial charge in [0.05, 0.1) is 24.7 Å². The number of carbonyl (C=O) groups is 1. The van der Waals surface area contributed by atoms with E-state index >= 15 is 0 Å². The summed E-state index contributed by atoms with van der Waals surface area (Å²) >= 11 is 0. The fourth-order valence-electron chi connectivity index (χ4n) is 3.17. The van der Waals surface area contributed by atoms with Crippen molar-refractivity contribution in [2.45, 2.75) is 45.3 Å². The Morgan fingerprint density at radius 3 is 2.72 bits per heavy atom. The molecule has 2 heterocycles. The molecule has 3 atom stereocenters. The highest BCUT2D eigenvalue weighted by atomic mass is 16.5. The number of hydrogen-bond acceptors (Lipinski definition) is 4. The monoisotopic (exact) mass is 255 g/mol. The third-order valence-electron chi connectivity index (χ3n) is 4.21. The highest BCUT2D eigenvalue weighted by molar-refractivity contribution is 5.73. The van der Waals surface area contributed by atoms with Gasteiger partial charge in [0.1, 0.15) is 0 Å². The Morgan fingerprint density at radius 1 is 1.44 bits per heavy atom. The predicted molar refractivity (Wildman–Crippen MR) is 69.3 cm³/mol. The highest BCUT2D eigenvalue weighted by Gasteiger charge is 2.38. The number of nitrogens with zero attached hydrogens (tertiary/aromatic N) is 1. The summed E-state index contributed by atoms with van der Waals surface area (Å²) in [6.07, 6.45) is 2.58. The minimum atomic E-state index is -0.0716. The summed E-state index contributed by atoms with van der Waals surface area (Å²) in [6.45, 7) is 9.16. The first-order valence-corrected chi connectivity index (χ1v) is 6.89. The number of carbonyl (C=O) groups excluding carboxylic acids is 1. The van der Waals surface area contributed by atoms with Gasteiger partial charge in [-0.05, 0) is 32.6 Å². The molecular formula is C14H25NO3. The van der Waals surface area contributed by atoms with E-state index < -0.39 is 0 Å². The number of methoxy groups -OCH3 is 1. The smallest absolute Gasteiger partial charge is 0.310 e. The van der Waals surface area contributed by atoms with E-state index in [2.05, 4.69) is 25.7 Å². The Labute approximate surface area is 110 Å². The van der Waals surface area contributed by atoms with Crippen LogP contribution in [0.3, 0.4) is 0 Å². The standard InChI is InChI=1S/C14H25NO3/c1-10-7-15(9-12(10)13(16)17-4)8-11-5-6-14(2,3)18-11/h10-12H,5-9H2,1-4H3. The van der Waals surface area contributed by atoms with E-state index in [4.69, 9.17) is 9.47 Å². The summed E-state index contributed by atoms with van der Waals surface area (Å²) in [5.41, 5.74) is 0.0256. The van der Waals surface area contributed by atoms with Crippen molar-refractivity contribution >= 4 is 5.97 Å². The van der Waals surface area contributed by atoms with Crippen LogP contribution in [0, 0.1) is 11.8 Å². The number of ether oxygens (including phenoxy) is 2. The molecule has 0 bridgehead atoms. The maximum Gasteiger partial charge on any atom is 0.310 e. The van der Waals surface area contributed by atoms with Gasteiger partial charge < -0.3 is 9.47 Å². The first-order valence-electron chi connectivity index (χ1n) is 6.89. The van der Waals surface area contributed by atoms with Gasteiger partial charge in [-0.3, -0.25) is 9.69 Å². The zero-order valence-corrected chi connectivity index (χ0v) is 11.9. The number of rotatable bonds is 3. The number of hydrogen-bond donors (Lipinski definition) is 0. The van der Waals surface area contributed by atoms with Crippen LogP contribution in [0.2, 0.25) is 0 Å². The van der Waals surface area contributed by atoms with Crippen molar-refractivity contribution in [3.05, 3.63) is 0 Å². The van der Waals surface area contributed by atoms with Crippen molar-refractivity contribution in [3.63, 3.8) is 0 Å². The van der Waals surface area contributed by atoms with Gasteiger partial charge in [-0.1, -0.05) is 6.92 Å². The molecule has 2 aliphatic rings. The second-order valence-corrected chi connectivity index (χ2v) is 6.36. The largest absolute Gasteiger partial charge is 0.469 e. The van der Waals surface area contributed by atoms with Crippen LogP contribution < -0.4 is 0 Å². The van der Waals surface area contributed by atoms with E-state index in [1.54, 1.807) is 0 Å². The van der Waals surface area contributed by atoms with Crippen LogP contribution in [0.25, 0.3) is 0 Å². The van der Waals surface area contributed by atoms with Crippen molar-refractivity contribution < 1.29 is 14.3 Å². The predicted octanol–water partition coefficient (Wildman–Crippen LogP) is 1.68. The molecule has 18 heavy (non-hydrogen) atoms. The van der Waals surface area contributed by atoms with Crippen LogP contribution in [0.5, 0.6) is 0 Å². The fourth-order valence-corrected chi connectivity index (χ4v) is 3.17. The number of likely N-dealkylation sites (tertiary alicyclic amines) is 1. The maximum absolute atomic E-state index is 11.6. The summed E-state index contributed by atoms with van der Waals surface area (Å²) in [5.74, 6) is 0.342. The third-order valence-corrected chi connectivity index (χ3v) is 4.21. The molecule has 0 N–H and O–H groups in total. The Morgan fingerprint density at radius 2 is 2.17 bits per heavy atom. The van der Waals surface area contributed by atoms with Crippen molar-refractivity contribution in [2.24, 2.45) is 11.8 Å². The number of esters is 1. The first kappa shape index (κ1) is 13.8. The fraction of sp³-hybridized carbons (Fsp3) is 0.929. The van der Waals surface area contributed by atoms with Gasteiger partial charge in [0, 0.05) is 19.6 Å². The van der Waals surface area contributed by atoms with Gasteiger partial charge in [-0.25, -0.2) is 0 Å². The van der Waals surface area contributed by atoms with E-state index in [0.29, 0.717) is 12.0 Å². The van der Waals surface area contributed by atoms with E-state index in [0.717, 1.165) is 32.5 Å². The molecular weight excluding hydrogens is 230 g/mol. The second-order valence-electron chi connectivity index (χ2n) is 6.36. The van der Waals surface area contributed by atoms with Crippen LogP contribution in [0.15, 0.2) is 0 Å². The Hall–Kier alpha value is -0.610. The Balaban J connectivity index is 1.84. The zero-order valence-electron chi connectivity index (χ0n) is 11.9. The molecule has 2 rings (SSSR count). The maximum atomic E-state index is 11.6. The molecule has 0 radical (unpaired) electrons. The minimum Gasteiger partial charge on any atom is -0.469 e. The van der Waals surface area contributed by atoms with Crippen LogP contribution in [0.1, 0.15) is 33.6 Å². The molecule has 0 saturated carbocycles. The normalized spacial score (nSPS) is 35.9. The van der Waals surface area contributed by atoms with E-state index in [1.807, 2.05) is 0 Å². The van der Waals surface area contributed by atoms with Gasteiger partial charge in [0.2, 0.25) is 0 Å². The molecule has 4 nitrogen and oxygen atoms in total. The van der Waals surface area contributed by atoms with Crippen LogP contribution in [-0.2, 0) is 14.3 Å². The Bertz CT molecular complexity index is 316. The van der Waals surface area contributed by atoms with Crippen LogP contribution >= 0.6 is 0 Å². The average Bonchev–Trinajstić information content (AvgIpc) is 2.81. The molecule has 0 spiro atoms. The highest BCUT2D eigenvalue weighted by Crippen LogP contribution is 2.31. The van der Waals surface area contributed by atoms with E-state index in [9.17, 15) is 4.79 Å². The van der Waals surface area contributed by atoms with Crippen molar-refractivity contribution in [2.75, 3.05) is 26.7 Å². The molecule has 0 aromatic carbocycles. The molecule has 4 heteroatoms. The quantitative estimate of drug-likeness (QED) is 0.719. The molecule has 0 aliphatic carbocycles. The average molecular weight is 255 g/mol. The summed E-state index contributed by atoms with van der Waals surface area (Å²) in [6, 6.07) is 0. The molecule has 2 aliphatic heterocycles. The van der Waals surface area contributed by atoms with Crippen molar-refractivity contribution in [1.82, 2.24) is 4.90 Å². The van der Waals surface area contributed by atoms with E-state index in [-0.39, 0.29) is 17.5 Å². The summed E-state index contributed by atoms with van der Waals surface area (Å²) in [5, 5.41) is 0. The molecule has 3 unspecified atom stereocenters. The topological polar surface area (TPSA) is 38.8 Å². The van der Waals surface area contributed by atoms with Gasteiger partial charge in [0.15, 0.2) is 0 Å². The second kappa shape index (κ2) is 5.17. The zero-order chi connectivity index (χ0) is 13.3. The first-order chi connectivity index (χ1) is 8.41. The van der Waals surface area contributed by atoms with Gasteiger partial charge in [-0.2, -0.15) is 0 Å². The molecule has 2 fully saturated rings. The van der Waals surface area contributed by atoms with Crippen molar-refractivity contribution in [1.29, 1.82) is 0 Å². The Kier molecular flexibility index (Phi) is 3.97. The SMILES string of the molecule is COC(=O)C1CN(CC2CCC(C)(C)O2)CC1C. The van der Waals surface area contributed by atoms with E-state index in [1.165, 1.54) is 7.11 Å². The third kappa shape index (κ3) is 3.04. The molecule has 0 amide bonds. The summed E-state index contributed by atoms with van der Waals surface area (Å²) in [7, 11) is 1.47. The lowest BCUT2D eigenvalue weighted by atomic mass is 9.99. The molecule has 0 aromatic heterocycles. The van der Waals surface area contributed by atoms with Gasteiger partial charge in [-0.15, -0.1) is 0 Å².